The van der Waals surface area contributed by atoms with Crippen LogP contribution in [0.25, 0.3) is 10.9 Å². The second-order valence-corrected chi connectivity index (χ2v) is 6.65. The molecule has 0 aliphatic carbocycles. The van der Waals surface area contributed by atoms with Crippen molar-refractivity contribution in [1.82, 2.24) is 20.2 Å². The summed E-state index contributed by atoms with van der Waals surface area (Å²) in [7, 11) is 0. The normalized spacial score (nSPS) is 13.7. The number of thiazole rings is 1. The van der Waals surface area contributed by atoms with E-state index in [-0.39, 0.29) is 11.8 Å². The average molecular weight is 360 g/mol. The Kier molecular flexibility index (Phi) is 4.27. The number of rotatable bonds is 5. The highest BCUT2D eigenvalue weighted by atomic mass is 32.1. The first-order valence-electron chi connectivity index (χ1n) is 8.03. The minimum atomic E-state index is -0.359. The third-order valence-corrected chi connectivity index (χ3v) is 4.80. The molecule has 2 amide bonds. The monoisotopic (exact) mass is 360 g/mol. The van der Waals surface area contributed by atoms with Gasteiger partial charge < -0.3 is 19.9 Å². The first kappa shape index (κ1) is 15.9. The van der Waals surface area contributed by atoms with Crippen LogP contribution in [0.4, 0.5) is 9.18 Å². The molecule has 25 heavy (non-hydrogen) atoms. The van der Waals surface area contributed by atoms with E-state index in [1.807, 2.05) is 5.38 Å². The van der Waals surface area contributed by atoms with Gasteiger partial charge in [0.2, 0.25) is 0 Å². The number of nitrogens with zero attached hydrogens (tertiary/aromatic N) is 2. The smallest absolute Gasteiger partial charge is 0.317 e. The number of fused-ring (bicyclic) bond motifs is 1. The molecule has 1 aromatic carbocycles. The molecule has 2 N–H and O–H groups in total. The number of aromatic nitrogens is 2. The lowest BCUT2D eigenvalue weighted by Gasteiger charge is -2.30. The maximum absolute atomic E-state index is 14.3. The summed E-state index contributed by atoms with van der Waals surface area (Å²) in [5.74, 6) is 0.0818. The lowest BCUT2D eigenvalue weighted by Crippen LogP contribution is -2.47. The molecule has 0 bridgehead atoms. The van der Waals surface area contributed by atoms with Gasteiger partial charge in [-0.3, -0.25) is 0 Å². The van der Waals surface area contributed by atoms with Crippen molar-refractivity contribution in [3.05, 3.63) is 46.3 Å². The number of benzene rings is 1. The van der Waals surface area contributed by atoms with E-state index < -0.39 is 0 Å². The van der Waals surface area contributed by atoms with Crippen LogP contribution < -0.4 is 10.1 Å². The molecule has 6 nitrogen and oxygen atoms in total. The van der Waals surface area contributed by atoms with Gasteiger partial charge in [0.25, 0.3) is 0 Å². The summed E-state index contributed by atoms with van der Waals surface area (Å²) in [6.45, 7) is 2.23. The van der Waals surface area contributed by atoms with Gasteiger partial charge in [0.15, 0.2) is 0 Å². The molecule has 1 aliphatic heterocycles. The van der Waals surface area contributed by atoms with Crippen LogP contribution in [0.5, 0.6) is 5.75 Å². The topological polar surface area (TPSA) is 70.2 Å². The van der Waals surface area contributed by atoms with Gasteiger partial charge in [0, 0.05) is 41.7 Å². The van der Waals surface area contributed by atoms with Crippen molar-refractivity contribution in [2.45, 2.75) is 19.6 Å². The SMILES string of the molecule is O=C(NCc1cc2c(F)cc(OCc3cscn3)cc2[nH]1)N1CCC1. The van der Waals surface area contributed by atoms with E-state index in [1.54, 1.807) is 22.5 Å². The molecule has 0 radical (unpaired) electrons. The summed E-state index contributed by atoms with van der Waals surface area (Å²) >= 11 is 1.49. The molecule has 0 spiro atoms. The fourth-order valence-corrected chi connectivity index (χ4v) is 3.22. The van der Waals surface area contributed by atoms with Crippen molar-refractivity contribution in [2.75, 3.05) is 13.1 Å². The fraction of sp³-hybridized carbons (Fsp3) is 0.294. The van der Waals surface area contributed by atoms with Crippen LogP contribution >= 0.6 is 11.3 Å². The molecule has 0 saturated carbocycles. The summed E-state index contributed by atoms with van der Waals surface area (Å²) in [6, 6.07) is 4.75. The number of hydrogen-bond donors (Lipinski definition) is 2. The Labute approximate surface area is 147 Å². The number of hydrogen-bond acceptors (Lipinski definition) is 4. The Morgan fingerprint density at radius 1 is 1.40 bits per heavy atom. The van der Waals surface area contributed by atoms with Gasteiger partial charge in [-0.05, 0) is 12.5 Å². The zero-order valence-corrected chi connectivity index (χ0v) is 14.2. The molecule has 8 heteroatoms. The molecule has 0 unspecified atom stereocenters. The largest absolute Gasteiger partial charge is 0.487 e. The van der Waals surface area contributed by atoms with E-state index in [9.17, 15) is 9.18 Å². The summed E-state index contributed by atoms with van der Waals surface area (Å²) in [6.07, 6.45) is 1.05. The van der Waals surface area contributed by atoms with Gasteiger partial charge in [0.05, 0.1) is 23.3 Å². The Bertz CT molecular complexity index is 890. The number of H-pyrrole nitrogens is 1. The van der Waals surface area contributed by atoms with Gasteiger partial charge >= 0.3 is 6.03 Å². The van der Waals surface area contributed by atoms with E-state index in [0.29, 0.717) is 29.8 Å². The quantitative estimate of drug-likeness (QED) is 0.734. The molecule has 2 aromatic heterocycles. The highest BCUT2D eigenvalue weighted by Gasteiger charge is 2.19. The predicted molar refractivity (Wildman–Crippen MR) is 93.1 cm³/mol. The predicted octanol–water partition coefficient (Wildman–Crippen LogP) is 3.26. The van der Waals surface area contributed by atoms with Gasteiger partial charge in [-0.2, -0.15) is 0 Å². The van der Waals surface area contributed by atoms with Crippen molar-refractivity contribution < 1.29 is 13.9 Å². The molecule has 1 fully saturated rings. The number of ether oxygens (including phenoxy) is 1. The van der Waals surface area contributed by atoms with E-state index >= 15 is 0 Å². The second kappa shape index (κ2) is 6.72. The average Bonchev–Trinajstić information content (AvgIpc) is 3.18. The van der Waals surface area contributed by atoms with Crippen molar-refractivity contribution >= 4 is 28.3 Å². The summed E-state index contributed by atoms with van der Waals surface area (Å²) in [5, 5.41) is 5.21. The molecular weight excluding hydrogens is 343 g/mol. The number of aromatic amines is 1. The second-order valence-electron chi connectivity index (χ2n) is 5.93. The van der Waals surface area contributed by atoms with E-state index in [0.717, 1.165) is 30.9 Å². The van der Waals surface area contributed by atoms with E-state index in [1.165, 1.54) is 17.4 Å². The van der Waals surface area contributed by atoms with Gasteiger partial charge in [0.1, 0.15) is 18.2 Å². The first-order chi connectivity index (χ1) is 12.2. The van der Waals surface area contributed by atoms with Crippen LogP contribution in [-0.4, -0.2) is 34.0 Å². The molecule has 130 valence electrons. The summed E-state index contributed by atoms with van der Waals surface area (Å²) < 4.78 is 19.9. The Morgan fingerprint density at radius 2 is 2.28 bits per heavy atom. The van der Waals surface area contributed by atoms with Crippen molar-refractivity contribution in [2.24, 2.45) is 0 Å². The van der Waals surface area contributed by atoms with Gasteiger partial charge in [-0.15, -0.1) is 11.3 Å². The minimum Gasteiger partial charge on any atom is -0.487 e. The molecular formula is C17H17FN4O2S. The fourth-order valence-electron chi connectivity index (χ4n) is 2.67. The molecule has 3 aromatic rings. The van der Waals surface area contributed by atoms with Crippen molar-refractivity contribution in [1.29, 1.82) is 0 Å². The number of carbonyl (C=O) groups is 1. The molecule has 1 aliphatic rings. The molecule has 4 rings (SSSR count). The number of likely N-dealkylation sites (tertiary alicyclic amines) is 1. The third kappa shape index (κ3) is 3.43. The van der Waals surface area contributed by atoms with Crippen LogP contribution in [0, 0.1) is 5.82 Å². The third-order valence-electron chi connectivity index (χ3n) is 4.16. The standard InChI is InChI=1S/C17H17FN4O2S/c18-15-5-13(24-8-12-9-25-10-20-12)6-16-14(15)4-11(21-16)7-19-17(23)22-2-1-3-22/h4-6,9-10,21H,1-3,7-8H2,(H,19,23). The highest BCUT2D eigenvalue weighted by molar-refractivity contribution is 7.07. The number of halogens is 1. The van der Waals surface area contributed by atoms with E-state index in [2.05, 4.69) is 15.3 Å². The molecule has 1 saturated heterocycles. The Morgan fingerprint density at radius 3 is 3.00 bits per heavy atom. The number of nitrogens with one attached hydrogen (secondary N) is 2. The van der Waals surface area contributed by atoms with Crippen LogP contribution in [0.3, 0.4) is 0 Å². The zero-order valence-electron chi connectivity index (χ0n) is 13.4. The van der Waals surface area contributed by atoms with Crippen LogP contribution in [0.1, 0.15) is 17.8 Å². The highest BCUT2D eigenvalue weighted by Crippen LogP contribution is 2.25. The lowest BCUT2D eigenvalue weighted by atomic mass is 10.2. The van der Waals surface area contributed by atoms with Crippen molar-refractivity contribution in [3.8, 4) is 5.75 Å². The Balaban J connectivity index is 1.45. The van der Waals surface area contributed by atoms with Crippen LogP contribution in [0.15, 0.2) is 29.1 Å². The van der Waals surface area contributed by atoms with Crippen LogP contribution in [-0.2, 0) is 13.2 Å². The van der Waals surface area contributed by atoms with Gasteiger partial charge in [-0.25, -0.2) is 14.2 Å². The van der Waals surface area contributed by atoms with Gasteiger partial charge in [-0.1, -0.05) is 0 Å². The summed E-state index contributed by atoms with van der Waals surface area (Å²) in [5.41, 5.74) is 3.93. The lowest BCUT2D eigenvalue weighted by molar-refractivity contribution is 0.167. The molecule has 0 atom stereocenters. The maximum atomic E-state index is 14.3. The summed E-state index contributed by atoms with van der Waals surface area (Å²) in [4.78, 5) is 20.8. The Hall–Kier alpha value is -2.61. The zero-order chi connectivity index (χ0) is 17.2. The number of amides is 2. The van der Waals surface area contributed by atoms with Crippen molar-refractivity contribution in [3.63, 3.8) is 0 Å². The molecule has 3 heterocycles. The minimum absolute atomic E-state index is 0.0855. The number of carbonyl (C=O) groups excluding carboxylic acids is 1. The van der Waals surface area contributed by atoms with Crippen LogP contribution in [0.2, 0.25) is 0 Å². The number of urea groups is 1. The van der Waals surface area contributed by atoms with E-state index in [4.69, 9.17) is 4.74 Å². The maximum Gasteiger partial charge on any atom is 0.317 e. The first-order valence-corrected chi connectivity index (χ1v) is 8.97.